The summed E-state index contributed by atoms with van der Waals surface area (Å²) in [4.78, 5) is 16.7. The summed E-state index contributed by atoms with van der Waals surface area (Å²) in [6, 6.07) is 5.17. The number of fused-ring (bicyclic) bond motifs is 1. The summed E-state index contributed by atoms with van der Waals surface area (Å²) in [5.41, 5.74) is -0.778. The first kappa shape index (κ1) is 15.5. The van der Waals surface area contributed by atoms with Crippen molar-refractivity contribution in [3.05, 3.63) is 34.9 Å². The Kier molecular flexibility index (Phi) is 4.59. The van der Waals surface area contributed by atoms with Gasteiger partial charge in [-0.2, -0.15) is 0 Å². The molecule has 0 saturated heterocycles. The molecule has 2 rings (SSSR count). The number of methoxy groups -OCH3 is 1. The number of para-hydroxylation sites is 1. The van der Waals surface area contributed by atoms with Crippen LogP contribution in [0.25, 0.3) is 10.9 Å². The number of hydrogen-bond donors (Lipinski definition) is 2. The molecule has 0 unspecified atom stereocenters. The van der Waals surface area contributed by atoms with Crippen LogP contribution in [0.3, 0.4) is 0 Å². The Morgan fingerprint density at radius 2 is 2.19 bits per heavy atom. The minimum Gasteiger partial charge on any atom is -0.494 e. The van der Waals surface area contributed by atoms with Gasteiger partial charge in [-0.15, -0.1) is 0 Å². The largest absolute Gasteiger partial charge is 0.494 e. The number of aromatic nitrogens is 2. The average Bonchev–Trinajstić information content (AvgIpc) is 2.47. The van der Waals surface area contributed by atoms with Crippen LogP contribution in [0.4, 0.5) is 0 Å². The molecule has 114 valence electrons. The smallest absolute Gasteiger partial charge is 0.261 e. The first-order valence-electron chi connectivity index (χ1n) is 6.84. The standard InChI is InChI=1S/C15H20N2O4/c1-15(20,7-4-8-18)9-17-10-16-13-11(14(17)19)5-3-6-12(13)21-2/h3,5-6,10,18,20H,4,7-9H2,1-2H3/t15-/m0/s1. The van der Waals surface area contributed by atoms with E-state index in [0.29, 0.717) is 29.5 Å². The van der Waals surface area contributed by atoms with Gasteiger partial charge in [-0.1, -0.05) is 6.07 Å². The van der Waals surface area contributed by atoms with E-state index in [1.165, 1.54) is 18.0 Å². The van der Waals surface area contributed by atoms with Gasteiger partial charge in [0.25, 0.3) is 5.56 Å². The molecule has 2 N–H and O–H groups in total. The molecule has 1 atom stereocenters. The molecule has 0 amide bonds. The molecule has 6 heteroatoms. The Labute approximate surface area is 122 Å². The summed E-state index contributed by atoms with van der Waals surface area (Å²) in [5, 5.41) is 19.6. The van der Waals surface area contributed by atoms with Crippen LogP contribution in [0.2, 0.25) is 0 Å². The molecule has 0 aliphatic rings. The predicted molar refractivity (Wildman–Crippen MR) is 79.5 cm³/mol. The van der Waals surface area contributed by atoms with Crippen molar-refractivity contribution in [2.24, 2.45) is 0 Å². The SMILES string of the molecule is COc1cccc2c(=O)n(C[C@@](C)(O)CCCO)cnc12. The molecule has 0 spiro atoms. The van der Waals surface area contributed by atoms with E-state index >= 15 is 0 Å². The maximum absolute atomic E-state index is 12.5. The van der Waals surface area contributed by atoms with Crippen LogP contribution in [0, 0.1) is 0 Å². The van der Waals surface area contributed by atoms with E-state index in [1.54, 1.807) is 25.1 Å². The van der Waals surface area contributed by atoms with Gasteiger partial charge in [-0.25, -0.2) is 4.98 Å². The highest BCUT2D eigenvalue weighted by molar-refractivity contribution is 5.83. The summed E-state index contributed by atoms with van der Waals surface area (Å²) in [7, 11) is 1.53. The summed E-state index contributed by atoms with van der Waals surface area (Å²) in [6.45, 7) is 1.79. The van der Waals surface area contributed by atoms with Gasteiger partial charge >= 0.3 is 0 Å². The number of benzene rings is 1. The molecule has 1 heterocycles. The molecule has 2 aromatic rings. The molecule has 0 fully saturated rings. The number of aliphatic hydroxyl groups excluding tert-OH is 1. The van der Waals surface area contributed by atoms with Gasteiger partial charge in [0.15, 0.2) is 0 Å². The molecule has 1 aromatic carbocycles. The second-order valence-electron chi connectivity index (χ2n) is 5.36. The third-order valence-electron chi connectivity index (χ3n) is 3.42. The molecule has 21 heavy (non-hydrogen) atoms. The van der Waals surface area contributed by atoms with E-state index in [1.807, 2.05) is 0 Å². The second-order valence-corrected chi connectivity index (χ2v) is 5.36. The zero-order valence-corrected chi connectivity index (χ0v) is 12.2. The van der Waals surface area contributed by atoms with E-state index < -0.39 is 5.60 Å². The number of aliphatic hydroxyl groups is 2. The van der Waals surface area contributed by atoms with Crippen LogP contribution in [0.15, 0.2) is 29.3 Å². The van der Waals surface area contributed by atoms with E-state index in [2.05, 4.69) is 4.98 Å². The average molecular weight is 292 g/mol. The Morgan fingerprint density at radius 1 is 1.43 bits per heavy atom. The molecule has 1 aromatic heterocycles. The lowest BCUT2D eigenvalue weighted by atomic mass is 10.0. The quantitative estimate of drug-likeness (QED) is 0.827. The Bertz CT molecular complexity index is 679. The van der Waals surface area contributed by atoms with Gasteiger partial charge in [0.2, 0.25) is 0 Å². The van der Waals surface area contributed by atoms with Crippen molar-refractivity contribution in [1.29, 1.82) is 0 Å². The molecule has 0 aliphatic carbocycles. The molecular weight excluding hydrogens is 272 g/mol. The minimum absolute atomic E-state index is 0.0121. The van der Waals surface area contributed by atoms with Crippen molar-refractivity contribution < 1.29 is 14.9 Å². The van der Waals surface area contributed by atoms with Crippen molar-refractivity contribution in [1.82, 2.24) is 9.55 Å². The Balaban J connectivity index is 2.39. The van der Waals surface area contributed by atoms with Crippen molar-refractivity contribution in [3.8, 4) is 5.75 Å². The summed E-state index contributed by atoms with van der Waals surface area (Å²) in [6.07, 6.45) is 2.31. The lowest BCUT2D eigenvalue weighted by Crippen LogP contribution is -2.35. The van der Waals surface area contributed by atoms with E-state index in [0.717, 1.165) is 0 Å². The maximum atomic E-state index is 12.5. The second kappa shape index (κ2) is 6.24. The molecular formula is C15H20N2O4. The fraction of sp³-hybridized carbons (Fsp3) is 0.467. The molecule has 0 radical (unpaired) electrons. The Hall–Kier alpha value is -1.92. The van der Waals surface area contributed by atoms with Gasteiger partial charge in [0, 0.05) is 6.61 Å². The van der Waals surface area contributed by atoms with Gasteiger partial charge in [0.05, 0.1) is 31.0 Å². The number of nitrogens with zero attached hydrogens (tertiary/aromatic N) is 2. The number of ether oxygens (including phenoxy) is 1. The monoisotopic (exact) mass is 292 g/mol. The molecule has 0 saturated carbocycles. The van der Waals surface area contributed by atoms with Gasteiger partial charge in [-0.05, 0) is 31.9 Å². The zero-order valence-electron chi connectivity index (χ0n) is 12.2. The van der Waals surface area contributed by atoms with Crippen LogP contribution in [-0.2, 0) is 6.54 Å². The summed E-state index contributed by atoms with van der Waals surface area (Å²) < 4.78 is 6.58. The van der Waals surface area contributed by atoms with E-state index in [-0.39, 0.29) is 18.7 Å². The minimum atomic E-state index is -1.07. The van der Waals surface area contributed by atoms with Crippen LogP contribution in [0.1, 0.15) is 19.8 Å². The lowest BCUT2D eigenvalue weighted by molar-refractivity contribution is 0.0257. The van der Waals surface area contributed by atoms with Crippen molar-refractivity contribution in [3.63, 3.8) is 0 Å². The third-order valence-corrected chi connectivity index (χ3v) is 3.42. The lowest BCUT2D eigenvalue weighted by Gasteiger charge is -2.23. The number of rotatable bonds is 6. The molecule has 0 aliphatic heterocycles. The Morgan fingerprint density at radius 3 is 2.86 bits per heavy atom. The van der Waals surface area contributed by atoms with E-state index in [9.17, 15) is 9.90 Å². The first-order valence-corrected chi connectivity index (χ1v) is 6.84. The predicted octanol–water partition coefficient (Wildman–Crippen LogP) is 0.929. The normalized spacial score (nSPS) is 14.1. The number of hydrogen-bond acceptors (Lipinski definition) is 5. The van der Waals surface area contributed by atoms with Crippen molar-refractivity contribution >= 4 is 10.9 Å². The van der Waals surface area contributed by atoms with Crippen LogP contribution < -0.4 is 10.3 Å². The van der Waals surface area contributed by atoms with Crippen LogP contribution >= 0.6 is 0 Å². The zero-order chi connectivity index (χ0) is 15.5. The topological polar surface area (TPSA) is 84.6 Å². The highest BCUT2D eigenvalue weighted by Gasteiger charge is 2.21. The molecule has 0 bridgehead atoms. The molecule has 6 nitrogen and oxygen atoms in total. The van der Waals surface area contributed by atoms with Crippen molar-refractivity contribution in [2.75, 3.05) is 13.7 Å². The van der Waals surface area contributed by atoms with E-state index in [4.69, 9.17) is 9.84 Å². The fourth-order valence-electron chi connectivity index (χ4n) is 2.35. The highest BCUT2D eigenvalue weighted by atomic mass is 16.5. The summed E-state index contributed by atoms with van der Waals surface area (Å²) in [5.74, 6) is 0.545. The fourth-order valence-corrected chi connectivity index (χ4v) is 2.35. The van der Waals surface area contributed by atoms with Gasteiger partial charge in [0.1, 0.15) is 11.3 Å². The summed E-state index contributed by atoms with van der Waals surface area (Å²) >= 11 is 0. The highest BCUT2D eigenvalue weighted by Crippen LogP contribution is 2.21. The van der Waals surface area contributed by atoms with Gasteiger partial charge in [-0.3, -0.25) is 9.36 Å². The third kappa shape index (κ3) is 3.40. The maximum Gasteiger partial charge on any atom is 0.261 e. The van der Waals surface area contributed by atoms with Crippen molar-refractivity contribution in [2.45, 2.75) is 31.9 Å². The van der Waals surface area contributed by atoms with Crippen LogP contribution in [0.5, 0.6) is 5.75 Å². The van der Waals surface area contributed by atoms with Crippen LogP contribution in [-0.4, -0.2) is 39.1 Å². The van der Waals surface area contributed by atoms with Gasteiger partial charge < -0.3 is 14.9 Å². The first-order chi connectivity index (χ1) is 9.98.